The first kappa shape index (κ1) is 15.8. The standard InChI is InChI=1S/C16H16N2O3S/c1-21-13-6-4-12(5-7-13)11-16(20)18-17-15(19)9-8-14-3-2-10-22-14/h2-10H,11H2,1H3,(H,17,19)(H,18,20)/b9-8+. The van der Waals surface area contributed by atoms with Gasteiger partial charge in [0.2, 0.25) is 5.91 Å². The summed E-state index contributed by atoms with van der Waals surface area (Å²) in [5.74, 6) is 0.0655. The largest absolute Gasteiger partial charge is 0.497 e. The Morgan fingerprint density at radius 2 is 1.95 bits per heavy atom. The van der Waals surface area contributed by atoms with E-state index >= 15 is 0 Å². The monoisotopic (exact) mass is 316 g/mol. The summed E-state index contributed by atoms with van der Waals surface area (Å²) >= 11 is 1.53. The van der Waals surface area contributed by atoms with Crippen LogP contribution in [-0.2, 0) is 16.0 Å². The molecule has 22 heavy (non-hydrogen) atoms. The molecule has 0 unspecified atom stereocenters. The Kier molecular flexibility index (Phi) is 5.73. The van der Waals surface area contributed by atoms with E-state index in [1.54, 1.807) is 37.5 Å². The third-order valence-corrected chi connectivity index (χ3v) is 3.63. The van der Waals surface area contributed by atoms with Crippen LogP contribution in [0.2, 0.25) is 0 Å². The maximum atomic E-state index is 11.7. The number of nitrogens with one attached hydrogen (secondary N) is 2. The average molecular weight is 316 g/mol. The minimum absolute atomic E-state index is 0.179. The van der Waals surface area contributed by atoms with Crippen LogP contribution in [0.4, 0.5) is 0 Å². The van der Waals surface area contributed by atoms with E-state index in [4.69, 9.17) is 4.74 Å². The number of carbonyl (C=O) groups is 2. The first-order valence-electron chi connectivity index (χ1n) is 6.60. The summed E-state index contributed by atoms with van der Waals surface area (Å²) in [7, 11) is 1.58. The first-order valence-corrected chi connectivity index (χ1v) is 7.48. The highest BCUT2D eigenvalue weighted by Crippen LogP contribution is 2.11. The molecule has 0 fully saturated rings. The van der Waals surface area contributed by atoms with Gasteiger partial charge in [0.1, 0.15) is 5.75 Å². The average Bonchev–Trinajstić information content (AvgIpc) is 3.05. The van der Waals surface area contributed by atoms with Crippen molar-refractivity contribution >= 4 is 29.2 Å². The highest BCUT2D eigenvalue weighted by atomic mass is 32.1. The predicted octanol–water partition coefficient (Wildman–Crippen LogP) is 2.16. The van der Waals surface area contributed by atoms with E-state index in [-0.39, 0.29) is 18.2 Å². The van der Waals surface area contributed by atoms with Gasteiger partial charge in [0.15, 0.2) is 0 Å². The third-order valence-electron chi connectivity index (χ3n) is 2.79. The lowest BCUT2D eigenvalue weighted by Crippen LogP contribution is -2.41. The molecule has 1 heterocycles. The van der Waals surface area contributed by atoms with Crippen LogP contribution in [-0.4, -0.2) is 18.9 Å². The van der Waals surface area contributed by atoms with Crippen molar-refractivity contribution in [3.8, 4) is 5.75 Å². The van der Waals surface area contributed by atoms with E-state index in [1.807, 2.05) is 17.5 Å². The summed E-state index contributed by atoms with van der Waals surface area (Å²) in [6, 6.07) is 11.0. The van der Waals surface area contributed by atoms with Crippen LogP contribution in [0.1, 0.15) is 10.4 Å². The topological polar surface area (TPSA) is 67.4 Å². The number of thiophene rings is 1. The van der Waals surface area contributed by atoms with Crippen molar-refractivity contribution in [3.05, 3.63) is 58.3 Å². The van der Waals surface area contributed by atoms with Gasteiger partial charge in [-0.1, -0.05) is 18.2 Å². The van der Waals surface area contributed by atoms with E-state index in [2.05, 4.69) is 10.9 Å². The lowest BCUT2D eigenvalue weighted by molar-refractivity contribution is -0.126. The van der Waals surface area contributed by atoms with E-state index in [9.17, 15) is 9.59 Å². The van der Waals surface area contributed by atoms with Crippen LogP contribution >= 0.6 is 11.3 Å². The van der Waals surface area contributed by atoms with E-state index < -0.39 is 0 Å². The minimum Gasteiger partial charge on any atom is -0.497 e. The maximum absolute atomic E-state index is 11.7. The number of benzene rings is 1. The molecule has 2 amide bonds. The molecule has 0 saturated carbocycles. The molecular weight excluding hydrogens is 300 g/mol. The number of hydrogen-bond donors (Lipinski definition) is 2. The molecule has 0 aliphatic carbocycles. The number of carbonyl (C=O) groups excluding carboxylic acids is 2. The molecule has 114 valence electrons. The van der Waals surface area contributed by atoms with E-state index in [1.165, 1.54) is 17.4 Å². The number of amides is 2. The minimum atomic E-state index is -0.378. The van der Waals surface area contributed by atoms with Crippen LogP contribution < -0.4 is 15.6 Å². The SMILES string of the molecule is COc1ccc(CC(=O)NNC(=O)/C=C/c2cccs2)cc1. The highest BCUT2D eigenvalue weighted by molar-refractivity contribution is 7.10. The van der Waals surface area contributed by atoms with Gasteiger partial charge in [-0.25, -0.2) is 0 Å². The van der Waals surface area contributed by atoms with E-state index in [0.29, 0.717) is 0 Å². The smallest absolute Gasteiger partial charge is 0.262 e. The number of hydrazine groups is 1. The van der Waals surface area contributed by atoms with Crippen molar-refractivity contribution in [3.63, 3.8) is 0 Å². The fraction of sp³-hybridized carbons (Fsp3) is 0.125. The zero-order valence-corrected chi connectivity index (χ0v) is 12.9. The lowest BCUT2D eigenvalue weighted by Gasteiger charge is -2.06. The van der Waals surface area contributed by atoms with Crippen molar-refractivity contribution in [1.29, 1.82) is 0 Å². The second-order valence-electron chi connectivity index (χ2n) is 4.41. The molecule has 1 aromatic heterocycles. The third kappa shape index (κ3) is 5.06. The van der Waals surface area contributed by atoms with Gasteiger partial charge in [0.25, 0.3) is 5.91 Å². The molecule has 0 atom stereocenters. The Morgan fingerprint density at radius 1 is 1.18 bits per heavy atom. The van der Waals surface area contributed by atoms with Crippen LogP contribution in [0.3, 0.4) is 0 Å². The lowest BCUT2D eigenvalue weighted by atomic mass is 10.1. The highest BCUT2D eigenvalue weighted by Gasteiger charge is 2.04. The molecule has 0 aliphatic rings. The van der Waals surface area contributed by atoms with Crippen LogP contribution in [0.25, 0.3) is 6.08 Å². The van der Waals surface area contributed by atoms with Gasteiger partial charge in [-0.05, 0) is 35.2 Å². The Labute approximate surface area is 132 Å². The molecule has 1 aromatic carbocycles. The fourth-order valence-electron chi connectivity index (χ4n) is 1.69. The molecule has 2 N–H and O–H groups in total. The van der Waals surface area contributed by atoms with E-state index in [0.717, 1.165) is 16.2 Å². The van der Waals surface area contributed by atoms with Crippen LogP contribution in [0.15, 0.2) is 47.9 Å². The molecule has 0 saturated heterocycles. The second-order valence-corrected chi connectivity index (χ2v) is 5.39. The molecule has 0 aliphatic heterocycles. The predicted molar refractivity (Wildman–Crippen MR) is 86.3 cm³/mol. The van der Waals surface area contributed by atoms with Gasteiger partial charge in [-0.15, -0.1) is 11.3 Å². The summed E-state index contributed by atoms with van der Waals surface area (Å²) in [5.41, 5.74) is 5.55. The number of hydrogen-bond acceptors (Lipinski definition) is 4. The molecule has 0 spiro atoms. The molecule has 0 radical (unpaired) electrons. The summed E-state index contributed by atoms with van der Waals surface area (Å²) in [6.45, 7) is 0. The van der Waals surface area contributed by atoms with Gasteiger partial charge in [0, 0.05) is 11.0 Å². The fourth-order valence-corrected chi connectivity index (χ4v) is 2.31. The molecule has 2 rings (SSSR count). The number of methoxy groups -OCH3 is 1. The van der Waals surface area contributed by atoms with Gasteiger partial charge in [0.05, 0.1) is 13.5 Å². The van der Waals surface area contributed by atoms with Crippen molar-refractivity contribution in [2.45, 2.75) is 6.42 Å². The maximum Gasteiger partial charge on any atom is 0.262 e. The summed E-state index contributed by atoms with van der Waals surface area (Å²) in [5, 5.41) is 1.92. The van der Waals surface area contributed by atoms with Crippen LogP contribution in [0.5, 0.6) is 5.75 Å². The zero-order chi connectivity index (χ0) is 15.8. The van der Waals surface area contributed by atoms with Gasteiger partial charge >= 0.3 is 0 Å². The Hall–Kier alpha value is -2.60. The van der Waals surface area contributed by atoms with Gasteiger partial charge < -0.3 is 4.74 Å². The van der Waals surface area contributed by atoms with Crippen molar-refractivity contribution in [2.75, 3.05) is 7.11 Å². The number of rotatable bonds is 5. The summed E-state index contributed by atoms with van der Waals surface area (Å²) in [6.07, 6.45) is 3.24. The summed E-state index contributed by atoms with van der Waals surface area (Å²) in [4.78, 5) is 24.3. The molecule has 2 aromatic rings. The number of ether oxygens (including phenoxy) is 1. The van der Waals surface area contributed by atoms with Gasteiger partial charge in [-0.3, -0.25) is 20.4 Å². The Morgan fingerprint density at radius 3 is 2.59 bits per heavy atom. The van der Waals surface area contributed by atoms with Crippen molar-refractivity contribution < 1.29 is 14.3 Å². The van der Waals surface area contributed by atoms with Crippen molar-refractivity contribution in [1.82, 2.24) is 10.9 Å². The normalized spacial score (nSPS) is 10.4. The second kappa shape index (κ2) is 7.99. The Balaban J connectivity index is 1.75. The van der Waals surface area contributed by atoms with Crippen molar-refractivity contribution in [2.24, 2.45) is 0 Å². The molecule has 5 nitrogen and oxygen atoms in total. The van der Waals surface area contributed by atoms with Crippen LogP contribution in [0, 0.1) is 0 Å². The molecule has 6 heteroatoms. The molecule has 0 bridgehead atoms. The Bertz CT molecular complexity index is 649. The zero-order valence-electron chi connectivity index (χ0n) is 12.0. The van der Waals surface area contributed by atoms with Gasteiger partial charge in [-0.2, -0.15) is 0 Å². The quantitative estimate of drug-likeness (QED) is 0.656. The first-order chi connectivity index (χ1) is 10.7. The summed E-state index contributed by atoms with van der Waals surface area (Å²) < 4.78 is 5.05. The molecular formula is C16H16N2O3S.